The first-order chi connectivity index (χ1) is 16.5. The van der Waals surface area contributed by atoms with Crippen LogP contribution in [0.25, 0.3) is 10.8 Å². The number of carboxylic acids is 1. The fourth-order valence-corrected chi connectivity index (χ4v) is 3.53. The number of anilines is 1. The Labute approximate surface area is 196 Å². The van der Waals surface area contributed by atoms with E-state index in [1.54, 1.807) is 30.3 Å². The van der Waals surface area contributed by atoms with Crippen molar-refractivity contribution in [1.29, 1.82) is 0 Å². The minimum Gasteiger partial charge on any atom is -0.478 e. The molecule has 4 aromatic carbocycles. The molecule has 4 aromatic rings. The van der Waals surface area contributed by atoms with E-state index < -0.39 is 5.97 Å². The van der Waals surface area contributed by atoms with Crippen LogP contribution in [0.1, 0.15) is 22.3 Å². The Bertz CT molecular complexity index is 1370. The molecule has 0 bridgehead atoms. The maximum absolute atomic E-state index is 12.4. The van der Waals surface area contributed by atoms with Crippen LogP contribution in [0.15, 0.2) is 91.0 Å². The summed E-state index contributed by atoms with van der Waals surface area (Å²) in [5, 5.41) is 23.9. The van der Waals surface area contributed by atoms with E-state index in [0.29, 0.717) is 17.9 Å². The number of hydrogen-bond acceptors (Lipinski definition) is 3. The Hall–Kier alpha value is -4.65. The van der Waals surface area contributed by atoms with Gasteiger partial charge in [0.15, 0.2) is 0 Å². The molecule has 0 spiro atoms. The Kier molecular flexibility index (Phi) is 6.84. The van der Waals surface area contributed by atoms with E-state index in [2.05, 4.69) is 10.3 Å². The van der Waals surface area contributed by atoms with Gasteiger partial charge in [0.1, 0.15) is 5.75 Å². The second kappa shape index (κ2) is 10.3. The molecule has 0 aliphatic heterocycles. The van der Waals surface area contributed by atoms with Gasteiger partial charge in [0.2, 0.25) is 11.6 Å². The van der Waals surface area contributed by atoms with Gasteiger partial charge in [0.05, 0.1) is 11.3 Å². The Morgan fingerprint density at radius 1 is 0.824 bits per heavy atom. The quantitative estimate of drug-likeness (QED) is 0.250. The van der Waals surface area contributed by atoms with Gasteiger partial charge < -0.3 is 20.3 Å². The summed E-state index contributed by atoms with van der Waals surface area (Å²) in [7, 11) is 0. The molecule has 0 aliphatic carbocycles. The van der Waals surface area contributed by atoms with Gasteiger partial charge >= 0.3 is 12.1 Å². The van der Waals surface area contributed by atoms with Crippen LogP contribution in [-0.4, -0.2) is 28.2 Å². The van der Waals surface area contributed by atoms with Crippen LogP contribution in [0.2, 0.25) is 0 Å². The summed E-state index contributed by atoms with van der Waals surface area (Å²) in [6, 6.07) is 26.8. The number of aliphatic hydroxyl groups is 1. The average Bonchev–Trinajstić information content (AvgIpc) is 2.83. The van der Waals surface area contributed by atoms with E-state index in [-0.39, 0.29) is 29.7 Å². The number of ether oxygens (including phenoxy) is 1. The van der Waals surface area contributed by atoms with Crippen molar-refractivity contribution in [3.63, 3.8) is 0 Å². The first kappa shape index (κ1) is 22.5. The molecule has 0 saturated carbocycles. The lowest BCUT2D eigenvalue weighted by atomic mass is 10.0. The molecule has 0 aromatic heterocycles. The fourth-order valence-electron chi connectivity index (χ4n) is 3.53. The third-order valence-corrected chi connectivity index (χ3v) is 5.19. The number of benzene rings is 4. The van der Waals surface area contributed by atoms with Crippen molar-refractivity contribution < 1.29 is 29.5 Å². The smallest absolute Gasteiger partial charge is 0.478 e. The summed E-state index contributed by atoms with van der Waals surface area (Å²) < 4.78 is 5.36. The predicted octanol–water partition coefficient (Wildman–Crippen LogP) is 3.81. The van der Waals surface area contributed by atoms with E-state index in [1.165, 1.54) is 6.07 Å². The standard InChI is InChI=1S/C27H22N2O5/c30-25(29-24-9-5-4-8-23(24)26(31)32)15-11-18-10-12-20-17-21(14-13-19(20)16-18)28-27(33)34-22-6-2-1-3-7-22/h1-10,12-14,16-17H,11,15H2,(H,28,33)(H,29,30)(H,31,32)/p+1. The zero-order valence-corrected chi connectivity index (χ0v) is 18.2. The summed E-state index contributed by atoms with van der Waals surface area (Å²) in [6.45, 7) is 0. The van der Waals surface area contributed by atoms with Crippen molar-refractivity contribution in [3.8, 4) is 5.75 Å². The highest BCUT2D eigenvalue weighted by atomic mass is 16.6. The number of hydrogen-bond donors (Lipinski definition) is 4. The van der Waals surface area contributed by atoms with Gasteiger partial charge in [0.25, 0.3) is 0 Å². The lowest BCUT2D eigenvalue weighted by Gasteiger charge is -2.08. The molecule has 7 heteroatoms. The molecule has 170 valence electrons. The second-order valence-electron chi connectivity index (χ2n) is 7.64. The van der Waals surface area contributed by atoms with Gasteiger partial charge in [-0.15, -0.1) is 4.99 Å². The number of aryl methyl sites for hydroxylation is 1. The van der Waals surface area contributed by atoms with Crippen LogP contribution < -0.4 is 15.0 Å². The number of amides is 1. The highest BCUT2D eigenvalue weighted by molar-refractivity contribution is 6.00. The second-order valence-corrected chi connectivity index (χ2v) is 7.64. The number of fused-ring (bicyclic) bond motifs is 1. The molecule has 34 heavy (non-hydrogen) atoms. The van der Waals surface area contributed by atoms with E-state index >= 15 is 0 Å². The summed E-state index contributed by atoms with van der Waals surface area (Å²) >= 11 is 0. The Morgan fingerprint density at radius 2 is 1.53 bits per heavy atom. The van der Waals surface area contributed by atoms with Gasteiger partial charge in [-0.25, -0.2) is 4.79 Å². The molecular formula is C27H23N2O5+. The van der Waals surface area contributed by atoms with E-state index in [9.17, 15) is 19.8 Å². The van der Waals surface area contributed by atoms with Crippen molar-refractivity contribution in [3.05, 3.63) is 102 Å². The molecule has 7 nitrogen and oxygen atoms in total. The molecule has 0 radical (unpaired) electrons. The highest BCUT2D eigenvalue weighted by Crippen LogP contribution is 2.20. The molecule has 4 rings (SSSR count). The number of rotatable bonds is 7. The van der Waals surface area contributed by atoms with Crippen LogP contribution in [0.3, 0.4) is 0 Å². The predicted molar refractivity (Wildman–Crippen MR) is 130 cm³/mol. The number of aliphatic hydroxyl groups excluding tert-OH is 1. The SMILES string of the molecule is O=C(CCc1ccc2cc([NH+]=C(O)Oc3ccccc3)ccc2c1)Nc1ccccc1C(=O)O. The van der Waals surface area contributed by atoms with E-state index in [0.717, 1.165) is 16.3 Å². The molecule has 0 aliphatic rings. The molecule has 0 unspecified atom stereocenters. The normalized spacial score (nSPS) is 11.2. The Morgan fingerprint density at radius 3 is 2.32 bits per heavy atom. The molecule has 0 saturated heterocycles. The number of nitrogens with one attached hydrogen (secondary N) is 2. The summed E-state index contributed by atoms with van der Waals surface area (Å²) in [4.78, 5) is 26.5. The highest BCUT2D eigenvalue weighted by Gasteiger charge is 2.12. The summed E-state index contributed by atoms with van der Waals surface area (Å²) in [5.41, 5.74) is 2.00. The minimum atomic E-state index is -1.09. The lowest BCUT2D eigenvalue weighted by Crippen LogP contribution is -2.68. The molecule has 1 amide bonds. The number of carbonyl (C=O) groups excluding carboxylic acids is 1. The summed E-state index contributed by atoms with van der Waals surface area (Å²) in [6.07, 6.45) is 0.410. The molecule has 0 fully saturated rings. The van der Waals surface area contributed by atoms with Crippen molar-refractivity contribution in [2.45, 2.75) is 12.8 Å². The van der Waals surface area contributed by atoms with Crippen LogP contribution in [0, 0.1) is 0 Å². The molecular weight excluding hydrogens is 432 g/mol. The van der Waals surface area contributed by atoms with Gasteiger partial charge in [-0.2, -0.15) is 0 Å². The number of para-hydroxylation sites is 2. The van der Waals surface area contributed by atoms with Crippen LogP contribution >= 0.6 is 0 Å². The fraction of sp³-hybridized carbons (Fsp3) is 0.0741. The van der Waals surface area contributed by atoms with Crippen molar-refractivity contribution >= 4 is 40.1 Å². The Balaban J connectivity index is 1.40. The zero-order valence-electron chi connectivity index (χ0n) is 18.2. The van der Waals surface area contributed by atoms with Crippen molar-refractivity contribution in [1.82, 2.24) is 0 Å². The third-order valence-electron chi connectivity index (χ3n) is 5.19. The maximum Gasteiger partial charge on any atom is 0.556 e. The zero-order chi connectivity index (χ0) is 23.9. The monoisotopic (exact) mass is 455 g/mol. The summed E-state index contributed by atoms with van der Waals surface area (Å²) in [5.74, 6) is -0.817. The maximum atomic E-state index is 12.4. The first-order valence-electron chi connectivity index (χ1n) is 10.7. The van der Waals surface area contributed by atoms with Gasteiger partial charge in [-0.05, 0) is 53.1 Å². The third kappa shape index (κ3) is 5.77. The van der Waals surface area contributed by atoms with Crippen molar-refractivity contribution in [2.75, 3.05) is 5.32 Å². The molecule has 4 N–H and O–H groups in total. The van der Waals surface area contributed by atoms with Gasteiger partial charge in [0, 0.05) is 18.6 Å². The number of carboxylic acid groups (broad SMARTS) is 1. The lowest BCUT2D eigenvalue weighted by molar-refractivity contribution is -0.377. The molecule has 0 atom stereocenters. The van der Waals surface area contributed by atoms with Crippen molar-refractivity contribution in [2.24, 2.45) is 0 Å². The topological polar surface area (TPSA) is 110 Å². The minimum absolute atomic E-state index is 0.0587. The van der Waals surface area contributed by atoms with Crippen LogP contribution in [0.5, 0.6) is 5.75 Å². The van der Waals surface area contributed by atoms with Gasteiger partial charge in [-0.3, -0.25) is 4.79 Å². The largest absolute Gasteiger partial charge is 0.556 e. The van der Waals surface area contributed by atoms with Crippen LogP contribution in [0.4, 0.5) is 11.4 Å². The van der Waals surface area contributed by atoms with Gasteiger partial charge in [-0.1, -0.05) is 48.5 Å². The number of carbonyl (C=O) groups is 2. The molecule has 0 heterocycles. The first-order valence-corrected chi connectivity index (χ1v) is 10.7. The average molecular weight is 455 g/mol. The van der Waals surface area contributed by atoms with E-state index in [4.69, 9.17) is 4.74 Å². The number of aromatic carboxylic acids is 1. The van der Waals surface area contributed by atoms with E-state index in [1.807, 2.05) is 54.6 Å². The van der Waals surface area contributed by atoms with Crippen LogP contribution in [-0.2, 0) is 11.2 Å².